The van der Waals surface area contributed by atoms with Gasteiger partial charge in [0, 0.05) is 17.6 Å². The summed E-state index contributed by atoms with van der Waals surface area (Å²) in [5, 5.41) is 4.93. The van der Waals surface area contributed by atoms with Gasteiger partial charge in [-0.15, -0.1) is 0 Å². The third-order valence-corrected chi connectivity index (χ3v) is 4.02. The Labute approximate surface area is 136 Å². The molecule has 0 aromatic heterocycles. The summed E-state index contributed by atoms with van der Waals surface area (Å²) in [6.45, 7) is 2.91. The van der Waals surface area contributed by atoms with Crippen molar-refractivity contribution in [2.45, 2.75) is 25.9 Å². The van der Waals surface area contributed by atoms with E-state index in [2.05, 4.69) is 18.3 Å². The van der Waals surface area contributed by atoms with Crippen LogP contribution in [0.4, 0.5) is 0 Å². The molecule has 112 valence electrons. The topological polar surface area (TPSA) is 21.3 Å². The molecular weight excluding hydrogens is 305 g/mol. The van der Waals surface area contributed by atoms with Gasteiger partial charge < -0.3 is 10.1 Å². The van der Waals surface area contributed by atoms with E-state index in [1.165, 1.54) is 0 Å². The van der Waals surface area contributed by atoms with Gasteiger partial charge in [0.15, 0.2) is 0 Å². The van der Waals surface area contributed by atoms with Crippen LogP contribution in [0.3, 0.4) is 0 Å². The molecule has 2 aromatic carbocycles. The van der Waals surface area contributed by atoms with Crippen LogP contribution in [0.5, 0.6) is 5.75 Å². The van der Waals surface area contributed by atoms with E-state index in [1.807, 2.05) is 36.4 Å². The Morgan fingerprint density at radius 3 is 2.52 bits per heavy atom. The highest BCUT2D eigenvalue weighted by Crippen LogP contribution is 2.25. The van der Waals surface area contributed by atoms with Crippen LogP contribution in [0, 0.1) is 0 Å². The number of rotatable bonds is 6. The Hall–Kier alpha value is -1.22. The molecule has 2 rings (SSSR count). The molecule has 1 N–H and O–H groups in total. The Morgan fingerprint density at radius 2 is 1.86 bits per heavy atom. The molecule has 0 aliphatic carbocycles. The Balaban J connectivity index is 1.91. The minimum absolute atomic E-state index is 0.325. The molecule has 4 heteroatoms. The summed E-state index contributed by atoms with van der Waals surface area (Å²) in [6.07, 6.45) is 0.892. The second kappa shape index (κ2) is 7.69. The minimum atomic E-state index is 0.325. The van der Waals surface area contributed by atoms with Crippen LogP contribution < -0.4 is 10.1 Å². The molecule has 0 radical (unpaired) electrons. The van der Waals surface area contributed by atoms with E-state index in [-0.39, 0.29) is 0 Å². The van der Waals surface area contributed by atoms with Crippen LogP contribution in [0.2, 0.25) is 10.0 Å². The van der Waals surface area contributed by atoms with E-state index in [4.69, 9.17) is 27.9 Å². The largest absolute Gasteiger partial charge is 0.495 e. The van der Waals surface area contributed by atoms with Gasteiger partial charge in [0.25, 0.3) is 0 Å². The lowest BCUT2D eigenvalue weighted by Gasteiger charge is -2.15. The molecule has 0 saturated heterocycles. The molecule has 0 spiro atoms. The summed E-state index contributed by atoms with van der Waals surface area (Å²) in [5.74, 6) is 0.699. The predicted molar refractivity (Wildman–Crippen MR) is 89.5 cm³/mol. The summed E-state index contributed by atoms with van der Waals surface area (Å²) in [6, 6.07) is 14.1. The van der Waals surface area contributed by atoms with E-state index in [0.717, 1.165) is 29.1 Å². The second-order valence-corrected chi connectivity index (χ2v) is 5.86. The van der Waals surface area contributed by atoms with Crippen molar-refractivity contribution in [3.05, 3.63) is 63.6 Å². The van der Waals surface area contributed by atoms with Gasteiger partial charge in [-0.3, -0.25) is 0 Å². The normalized spacial score (nSPS) is 12.2. The van der Waals surface area contributed by atoms with Gasteiger partial charge in [-0.2, -0.15) is 0 Å². The van der Waals surface area contributed by atoms with E-state index in [9.17, 15) is 0 Å². The van der Waals surface area contributed by atoms with Crippen molar-refractivity contribution < 1.29 is 4.74 Å². The van der Waals surface area contributed by atoms with Crippen LogP contribution in [0.25, 0.3) is 0 Å². The lowest BCUT2D eigenvalue weighted by atomic mass is 10.1. The molecule has 0 bridgehead atoms. The maximum Gasteiger partial charge on any atom is 0.137 e. The van der Waals surface area contributed by atoms with Gasteiger partial charge in [0.1, 0.15) is 5.75 Å². The molecule has 2 aromatic rings. The van der Waals surface area contributed by atoms with E-state index in [0.29, 0.717) is 16.8 Å². The monoisotopic (exact) mass is 323 g/mol. The standard InChI is InChI=1S/C17H19Cl2NO/c1-12(9-14-5-3-4-6-15(14)18)20-11-13-7-8-17(21-2)16(19)10-13/h3-8,10,12,20H,9,11H2,1-2H3. The van der Waals surface area contributed by atoms with Gasteiger partial charge >= 0.3 is 0 Å². The van der Waals surface area contributed by atoms with E-state index in [1.54, 1.807) is 7.11 Å². The zero-order chi connectivity index (χ0) is 15.2. The number of halogens is 2. The van der Waals surface area contributed by atoms with Gasteiger partial charge in [0.05, 0.1) is 12.1 Å². The zero-order valence-electron chi connectivity index (χ0n) is 12.2. The molecule has 2 nitrogen and oxygen atoms in total. The molecule has 0 heterocycles. The quantitative estimate of drug-likeness (QED) is 0.830. The molecule has 21 heavy (non-hydrogen) atoms. The molecular formula is C17H19Cl2NO. The van der Waals surface area contributed by atoms with Crippen LogP contribution in [0.15, 0.2) is 42.5 Å². The van der Waals surface area contributed by atoms with Gasteiger partial charge in [-0.05, 0) is 42.7 Å². The fraction of sp³-hybridized carbons (Fsp3) is 0.294. The summed E-state index contributed by atoms with van der Waals surface area (Å²) in [7, 11) is 1.62. The smallest absolute Gasteiger partial charge is 0.137 e. The number of hydrogen-bond donors (Lipinski definition) is 1. The molecule has 0 aliphatic rings. The van der Waals surface area contributed by atoms with Crippen LogP contribution >= 0.6 is 23.2 Å². The van der Waals surface area contributed by atoms with Gasteiger partial charge in [-0.25, -0.2) is 0 Å². The first-order valence-electron chi connectivity index (χ1n) is 6.89. The van der Waals surface area contributed by atoms with Crippen molar-refractivity contribution in [2.24, 2.45) is 0 Å². The third-order valence-electron chi connectivity index (χ3n) is 3.35. The Bertz CT molecular complexity index is 601. The predicted octanol–water partition coefficient (Wildman–Crippen LogP) is 4.72. The number of hydrogen-bond acceptors (Lipinski definition) is 2. The average Bonchev–Trinajstić information content (AvgIpc) is 2.48. The van der Waals surface area contributed by atoms with Gasteiger partial charge in [-0.1, -0.05) is 47.5 Å². The first-order chi connectivity index (χ1) is 10.1. The molecule has 1 atom stereocenters. The van der Waals surface area contributed by atoms with E-state index >= 15 is 0 Å². The molecule has 0 saturated carbocycles. The van der Waals surface area contributed by atoms with Crippen molar-refractivity contribution in [3.63, 3.8) is 0 Å². The lowest BCUT2D eigenvalue weighted by Crippen LogP contribution is -2.27. The van der Waals surface area contributed by atoms with Crippen molar-refractivity contribution in [3.8, 4) is 5.75 Å². The SMILES string of the molecule is COc1ccc(CNC(C)Cc2ccccc2Cl)cc1Cl. The Morgan fingerprint density at radius 1 is 1.10 bits per heavy atom. The van der Waals surface area contributed by atoms with Gasteiger partial charge in [0.2, 0.25) is 0 Å². The number of nitrogens with one attached hydrogen (secondary N) is 1. The fourth-order valence-electron chi connectivity index (χ4n) is 2.18. The first kappa shape index (κ1) is 16.2. The van der Waals surface area contributed by atoms with Crippen molar-refractivity contribution in [1.82, 2.24) is 5.32 Å². The maximum atomic E-state index is 6.18. The molecule has 1 unspecified atom stereocenters. The molecule has 0 amide bonds. The molecule has 0 aliphatic heterocycles. The Kier molecular flexibility index (Phi) is 5.92. The maximum absolute atomic E-state index is 6.18. The van der Waals surface area contributed by atoms with Crippen molar-refractivity contribution in [1.29, 1.82) is 0 Å². The minimum Gasteiger partial charge on any atom is -0.495 e. The lowest BCUT2D eigenvalue weighted by molar-refractivity contribution is 0.414. The molecule has 0 fully saturated rings. The second-order valence-electron chi connectivity index (χ2n) is 5.05. The van der Waals surface area contributed by atoms with Crippen LogP contribution in [0.1, 0.15) is 18.1 Å². The third kappa shape index (κ3) is 4.63. The number of methoxy groups -OCH3 is 1. The van der Waals surface area contributed by atoms with E-state index < -0.39 is 0 Å². The van der Waals surface area contributed by atoms with Crippen LogP contribution in [-0.4, -0.2) is 13.2 Å². The zero-order valence-corrected chi connectivity index (χ0v) is 13.7. The highest BCUT2D eigenvalue weighted by atomic mass is 35.5. The number of ether oxygens (including phenoxy) is 1. The summed E-state index contributed by atoms with van der Waals surface area (Å²) >= 11 is 12.3. The van der Waals surface area contributed by atoms with Crippen molar-refractivity contribution in [2.75, 3.05) is 7.11 Å². The first-order valence-corrected chi connectivity index (χ1v) is 7.65. The fourth-order valence-corrected chi connectivity index (χ4v) is 2.67. The summed E-state index contributed by atoms with van der Waals surface area (Å²) in [5.41, 5.74) is 2.29. The summed E-state index contributed by atoms with van der Waals surface area (Å²) in [4.78, 5) is 0. The van der Waals surface area contributed by atoms with Crippen molar-refractivity contribution >= 4 is 23.2 Å². The highest BCUT2D eigenvalue weighted by molar-refractivity contribution is 6.32. The number of benzene rings is 2. The average molecular weight is 324 g/mol. The van der Waals surface area contributed by atoms with Crippen LogP contribution in [-0.2, 0) is 13.0 Å². The highest BCUT2D eigenvalue weighted by Gasteiger charge is 2.07. The summed E-state index contributed by atoms with van der Waals surface area (Å²) < 4.78 is 5.15.